The molecule has 1 fully saturated rings. The number of anilines is 1. The van der Waals surface area contributed by atoms with Gasteiger partial charge < -0.3 is 20.5 Å². The Labute approximate surface area is 113 Å². The number of carbonyl (C=O) groups is 1. The van der Waals surface area contributed by atoms with Crippen LogP contribution >= 0.6 is 0 Å². The fourth-order valence-corrected chi connectivity index (χ4v) is 2.03. The van der Waals surface area contributed by atoms with Crippen LogP contribution in [-0.2, 0) is 4.79 Å². The van der Waals surface area contributed by atoms with Gasteiger partial charge in [0.15, 0.2) is 0 Å². The van der Waals surface area contributed by atoms with Crippen molar-refractivity contribution >= 4 is 11.6 Å². The summed E-state index contributed by atoms with van der Waals surface area (Å²) in [5.74, 6) is 0.628. The number of amides is 1. The molecular formula is C14H20N2O3. The molecule has 1 aromatic carbocycles. The van der Waals surface area contributed by atoms with E-state index in [1.54, 1.807) is 6.07 Å². The zero-order chi connectivity index (χ0) is 13.7. The average Bonchev–Trinajstić information content (AvgIpc) is 2.83. The molecule has 1 saturated heterocycles. The molecule has 0 spiro atoms. The lowest BCUT2D eigenvalue weighted by Gasteiger charge is -2.12. The quantitative estimate of drug-likeness (QED) is 0.746. The van der Waals surface area contributed by atoms with Crippen molar-refractivity contribution in [3.05, 3.63) is 24.3 Å². The lowest BCUT2D eigenvalue weighted by Crippen LogP contribution is -2.35. The number of nitrogens with one attached hydrogen (secondary N) is 2. The molecule has 1 amide bonds. The minimum atomic E-state index is -0.435. The molecular weight excluding hydrogens is 244 g/mol. The zero-order valence-corrected chi connectivity index (χ0v) is 11.1. The molecule has 2 atom stereocenters. The topological polar surface area (TPSA) is 70.6 Å². The maximum absolute atomic E-state index is 12.0. The van der Waals surface area contributed by atoms with Crippen molar-refractivity contribution in [2.45, 2.75) is 31.9 Å². The summed E-state index contributed by atoms with van der Waals surface area (Å²) in [6.07, 6.45) is 0.966. The van der Waals surface area contributed by atoms with Crippen molar-refractivity contribution < 1.29 is 14.6 Å². The van der Waals surface area contributed by atoms with Gasteiger partial charge in [0.05, 0.1) is 18.8 Å². The molecule has 2 rings (SSSR count). The van der Waals surface area contributed by atoms with Crippen molar-refractivity contribution in [2.24, 2.45) is 0 Å². The van der Waals surface area contributed by atoms with Gasteiger partial charge in [0.1, 0.15) is 5.75 Å². The van der Waals surface area contributed by atoms with Crippen molar-refractivity contribution in [1.82, 2.24) is 5.32 Å². The Hall–Kier alpha value is -1.59. The molecule has 1 aliphatic rings. The van der Waals surface area contributed by atoms with Crippen LogP contribution in [-0.4, -0.2) is 36.3 Å². The summed E-state index contributed by atoms with van der Waals surface area (Å²) >= 11 is 0. The Morgan fingerprint density at radius 1 is 1.58 bits per heavy atom. The first-order valence-corrected chi connectivity index (χ1v) is 6.64. The molecule has 5 nitrogen and oxygen atoms in total. The molecule has 0 aliphatic carbocycles. The van der Waals surface area contributed by atoms with Gasteiger partial charge >= 0.3 is 0 Å². The van der Waals surface area contributed by atoms with Crippen LogP contribution in [0, 0.1) is 0 Å². The van der Waals surface area contributed by atoms with Gasteiger partial charge in [-0.1, -0.05) is 13.0 Å². The molecule has 19 heavy (non-hydrogen) atoms. The van der Waals surface area contributed by atoms with E-state index >= 15 is 0 Å². The van der Waals surface area contributed by atoms with Crippen LogP contribution in [0.25, 0.3) is 0 Å². The Morgan fingerprint density at radius 2 is 2.42 bits per heavy atom. The number of aliphatic hydroxyl groups excluding tert-OH is 1. The van der Waals surface area contributed by atoms with E-state index in [1.165, 1.54) is 0 Å². The molecule has 1 aromatic rings. The lowest BCUT2D eigenvalue weighted by atomic mass is 10.2. The summed E-state index contributed by atoms with van der Waals surface area (Å²) in [6, 6.07) is 7.01. The minimum Gasteiger partial charge on any atom is -0.494 e. The fraction of sp³-hybridized carbons (Fsp3) is 0.500. The van der Waals surface area contributed by atoms with E-state index in [9.17, 15) is 9.90 Å². The van der Waals surface area contributed by atoms with E-state index in [1.807, 2.05) is 25.1 Å². The number of carbonyl (C=O) groups excluding carboxylic acids is 1. The van der Waals surface area contributed by atoms with Gasteiger partial charge in [-0.25, -0.2) is 0 Å². The summed E-state index contributed by atoms with van der Waals surface area (Å²) in [5, 5.41) is 15.2. The highest BCUT2D eigenvalue weighted by molar-refractivity contribution is 5.95. The smallest absolute Gasteiger partial charge is 0.241 e. The van der Waals surface area contributed by atoms with E-state index in [0.29, 0.717) is 25.3 Å². The Kier molecular flexibility index (Phi) is 4.76. The first-order valence-electron chi connectivity index (χ1n) is 6.64. The normalized spacial score (nSPS) is 22.2. The summed E-state index contributed by atoms with van der Waals surface area (Å²) in [6.45, 7) is 3.17. The second-order valence-electron chi connectivity index (χ2n) is 4.72. The van der Waals surface area contributed by atoms with Crippen molar-refractivity contribution in [1.29, 1.82) is 0 Å². The van der Waals surface area contributed by atoms with Crippen LogP contribution in [0.15, 0.2) is 24.3 Å². The van der Waals surface area contributed by atoms with Crippen LogP contribution in [0.1, 0.15) is 19.8 Å². The number of hydrogen-bond acceptors (Lipinski definition) is 4. The Morgan fingerprint density at radius 3 is 3.11 bits per heavy atom. The number of aliphatic hydroxyl groups is 1. The van der Waals surface area contributed by atoms with Crippen molar-refractivity contribution in [2.75, 3.05) is 18.5 Å². The molecule has 0 unspecified atom stereocenters. The van der Waals surface area contributed by atoms with Gasteiger partial charge in [-0.15, -0.1) is 0 Å². The summed E-state index contributed by atoms with van der Waals surface area (Å²) in [4.78, 5) is 12.0. The third-order valence-corrected chi connectivity index (χ3v) is 3.00. The Balaban J connectivity index is 1.93. The third-order valence-electron chi connectivity index (χ3n) is 3.00. The van der Waals surface area contributed by atoms with Crippen LogP contribution in [0.3, 0.4) is 0 Å². The molecule has 0 radical (unpaired) electrons. The van der Waals surface area contributed by atoms with E-state index < -0.39 is 6.10 Å². The first-order chi connectivity index (χ1) is 9.19. The largest absolute Gasteiger partial charge is 0.494 e. The van der Waals surface area contributed by atoms with Crippen molar-refractivity contribution in [3.8, 4) is 5.75 Å². The van der Waals surface area contributed by atoms with E-state index in [4.69, 9.17) is 4.74 Å². The number of benzene rings is 1. The second-order valence-corrected chi connectivity index (χ2v) is 4.72. The minimum absolute atomic E-state index is 0.121. The summed E-state index contributed by atoms with van der Waals surface area (Å²) < 4.78 is 5.51. The number of ether oxygens (including phenoxy) is 1. The molecule has 0 bridgehead atoms. The molecule has 3 N–H and O–H groups in total. The van der Waals surface area contributed by atoms with Crippen LogP contribution in [0.5, 0.6) is 5.75 Å². The maximum atomic E-state index is 12.0. The first kappa shape index (κ1) is 13.8. The third kappa shape index (κ3) is 3.94. The number of rotatable bonds is 5. The standard InChI is InChI=1S/C14H20N2O3/c1-2-6-19-12-5-3-4-10(7-12)16-14(18)13-8-11(17)9-15-13/h3-5,7,11,13,15,17H,2,6,8-9H2,1H3,(H,16,18)/t11-,13+/m1/s1. The van der Waals surface area contributed by atoms with Gasteiger partial charge in [0.2, 0.25) is 5.91 Å². The second kappa shape index (κ2) is 6.54. The molecule has 104 valence electrons. The highest BCUT2D eigenvalue weighted by atomic mass is 16.5. The lowest BCUT2D eigenvalue weighted by molar-refractivity contribution is -0.117. The Bertz CT molecular complexity index is 436. The highest BCUT2D eigenvalue weighted by Gasteiger charge is 2.27. The van der Waals surface area contributed by atoms with Gasteiger partial charge in [-0.2, -0.15) is 0 Å². The fourth-order valence-electron chi connectivity index (χ4n) is 2.03. The predicted molar refractivity (Wildman–Crippen MR) is 73.3 cm³/mol. The number of β-amino-alcohol motifs (C(OH)–C–C–N with tert-alkyl or cyclic N) is 1. The summed E-state index contributed by atoms with van der Waals surface area (Å²) in [5.41, 5.74) is 0.710. The van der Waals surface area contributed by atoms with Gasteiger partial charge in [-0.3, -0.25) is 4.79 Å². The molecule has 0 saturated carbocycles. The van der Waals surface area contributed by atoms with Gasteiger partial charge in [0.25, 0.3) is 0 Å². The monoisotopic (exact) mass is 264 g/mol. The molecule has 1 heterocycles. The number of hydrogen-bond donors (Lipinski definition) is 3. The van der Waals surface area contributed by atoms with E-state index in [0.717, 1.165) is 12.2 Å². The van der Waals surface area contributed by atoms with E-state index in [-0.39, 0.29) is 11.9 Å². The van der Waals surface area contributed by atoms with E-state index in [2.05, 4.69) is 10.6 Å². The SMILES string of the molecule is CCCOc1cccc(NC(=O)[C@@H]2C[C@@H](O)CN2)c1. The van der Waals surface area contributed by atoms with Gasteiger partial charge in [-0.05, 0) is 25.0 Å². The zero-order valence-electron chi connectivity index (χ0n) is 11.1. The molecule has 5 heteroatoms. The molecule has 0 aromatic heterocycles. The maximum Gasteiger partial charge on any atom is 0.241 e. The van der Waals surface area contributed by atoms with Crippen molar-refractivity contribution in [3.63, 3.8) is 0 Å². The predicted octanol–water partition coefficient (Wildman–Crippen LogP) is 1.14. The molecule has 1 aliphatic heterocycles. The average molecular weight is 264 g/mol. The van der Waals surface area contributed by atoms with Gasteiger partial charge in [0, 0.05) is 18.3 Å². The van der Waals surface area contributed by atoms with Crippen LogP contribution in [0.4, 0.5) is 5.69 Å². The highest BCUT2D eigenvalue weighted by Crippen LogP contribution is 2.18. The van der Waals surface area contributed by atoms with Crippen LogP contribution in [0.2, 0.25) is 0 Å². The summed E-state index contributed by atoms with van der Waals surface area (Å²) in [7, 11) is 0. The van der Waals surface area contributed by atoms with Crippen LogP contribution < -0.4 is 15.4 Å².